The van der Waals surface area contributed by atoms with Crippen LogP contribution in [-0.4, -0.2) is 65.2 Å². The second-order valence-electron chi connectivity index (χ2n) is 9.54. The number of nitrogens with two attached hydrogens (primary N) is 1. The Hall–Kier alpha value is -3.82. The molecule has 1 aliphatic rings. The van der Waals surface area contributed by atoms with E-state index in [9.17, 15) is 24.0 Å². The van der Waals surface area contributed by atoms with Crippen LogP contribution < -0.4 is 21.7 Å². The van der Waals surface area contributed by atoms with Gasteiger partial charge in [-0.3, -0.25) is 9.59 Å². The van der Waals surface area contributed by atoms with Crippen LogP contribution in [0.1, 0.15) is 49.7 Å². The Balaban J connectivity index is 0. The van der Waals surface area contributed by atoms with Gasteiger partial charge >= 0.3 is 34.9 Å². The molecule has 268 valence electrons. The first-order valence-corrected chi connectivity index (χ1v) is 15.0. The van der Waals surface area contributed by atoms with Crippen molar-refractivity contribution >= 4 is 82.9 Å². The maximum atomic E-state index is 11.5. The summed E-state index contributed by atoms with van der Waals surface area (Å²) in [6.45, 7) is 1.35. The second-order valence-corrected chi connectivity index (χ2v) is 10.4. The first-order chi connectivity index (χ1) is 22.0. The van der Waals surface area contributed by atoms with Gasteiger partial charge in [0, 0.05) is 13.1 Å². The molecule has 0 saturated carbocycles. The standard InChI is InChI=1S/C15H18N2O5.C14H20N2O4.CCl2O.2ClH/c18-13-12(17-15(20)22-13)8-4-5-9-16-14(19)21-10-11-6-2-1-3-7-11;15-12(13(17)18)8-4-5-9-16-14(19)20-10-11-6-2-1-3-7-11;2-1(3)4;;/h1-3,6-7,12H,4-5,8-10H2,(H,16,19)(H,17,20);1-3,6-7,12H,4-5,8-10,15H2,(H,16,19)(H,17,18);;2*1H/t;12-;;;/m.0.../s1. The summed E-state index contributed by atoms with van der Waals surface area (Å²) in [5.74, 6) is -1.54. The van der Waals surface area contributed by atoms with Crippen molar-refractivity contribution < 1.29 is 48.1 Å². The molecule has 1 fully saturated rings. The van der Waals surface area contributed by atoms with Gasteiger partial charge in [-0.1, -0.05) is 60.7 Å². The van der Waals surface area contributed by atoms with E-state index in [1.165, 1.54) is 0 Å². The number of halogens is 4. The molecular weight excluding hydrogens is 718 g/mol. The maximum Gasteiger partial charge on any atom is 0.415 e. The van der Waals surface area contributed by atoms with Gasteiger partial charge in [0.1, 0.15) is 25.3 Å². The number of hydrogen-bond donors (Lipinski definition) is 5. The number of aliphatic carboxylic acids is 1. The van der Waals surface area contributed by atoms with E-state index in [2.05, 4.69) is 43.9 Å². The zero-order valence-electron chi connectivity index (χ0n) is 25.8. The fourth-order valence-corrected chi connectivity index (χ4v) is 3.60. The van der Waals surface area contributed by atoms with Crippen molar-refractivity contribution in [1.29, 1.82) is 0 Å². The SMILES string of the molecule is Cl.Cl.N[C@@H](CCCCNC(=O)OCc1ccccc1)C(=O)O.O=C(Cl)Cl.O=C(NCCCCC1NC(=O)OC1=O)OCc1ccccc1. The lowest BCUT2D eigenvalue weighted by molar-refractivity contribution is -0.139. The minimum absolute atomic E-state index is 0. The Bertz CT molecular complexity index is 1240. The van der Waals surface area contributed by atoms with Crippen LogP contribution in [0, 0.1) is 0 Å². The third-order valence-corrected chi connectivity index (χ3v) is 5.91. The van der Waals surface area contributed by atoms with Gasteiger partial charge in [-0.15, -0.1) is 24.8 Å². The first kappa shape index (κ1) is 46.3. The summed E-state index contributed by atoms with van der Waals surface area (Å²) in [4.78, 5) is 64.3. The number of esters is 1. The Morgan fingerprint density at radius 3 is 1.65 bits per heavy atom. The zero-order chi connectivity index (χ0) is 34.2. The van der Waals surface area contributed by atoms with Crippen molar-refractivity contribution in [3.05, 3.63) is 71.8 Å². The lowest BCUT2D eigenvalue weighted by Gasteiger charge is -2.08. The zero-order valence-corrected chi connectivity index (χ0v) is 28.9. The van der Waals surface area contributed by atoms with Crippen molar-refractivity contribution in [2.75, 3.05) is 13.1 Å². The number of carbonyl (C=O) groups is 6. The molecule has 1 heterocycles. The van der Waals surface area contributed by atoms with Crippen molar-refractivity contribution in [3.8, 4) is 0 Å². The molecule has 0 aromatic heterocycles. The van der Waals surface area contributed by atoms with Crippen LogP contribution in [0.2, 0.25) is 0 Å². The highest BCUT2D eigenvalue weighted by atomic mass is 35.5. The number of amides is 3. The first-order valence-electron chi connectivity index (χ1n) is 14.2. The Morgan fingerprint density at radius 2 is 1.25 bits per heavy atom. The van der Waals surface area contributed by atoms with E-state index in [1.807, 2.05) is 60.7 Å². The summed E-state index contributed by atoms with van der Waals surface area (Å²) in [5, 5.41) is 16.2. The van der Waals surface area contributed by atoms with E-state index >= 15 is 0 Å². The number of nitrogens with one attached hydrogen (secondary N) is 3. The molecule has 0 radical (unpaired) electrons. The smallest absolute Gasteiger partial charge is 0.415 e. The summed E-state index contributed by atoms with van der Waals surface area (Å²) in [6.07, 6.45) is 1.92. The number of cyclic esters (lactones) is 2. The monoisotopic (exact) mass is 756 g/mol. The summed E-state index contributed by atoms with van der Waals surface area (Å²) in [6, 6.07) is 17.4. The molecule has 3 amide bonds. The fraction of sp³-hybridized carbons (Fsp3) is 0.400. The van der Waals surface area contributed by atoms with Gasteiger partial charge in [-0.25, -0.2) is 19.2 Å². The molecule has 2 aromatic rings. The number of carbonyl (C=O) groups excluding carboxylic acids is 5. The quantitative estimate of drug-likeness (QED) is 0.0493. The van der Waals surface area contributed by atoms with Crippen LogP contribution in [0.15, 0.2) is 60.7 Å². The number of ether oxygens (including phenoxy) is 3. The Labute approximate surface area is 300 Å². The van der Waals surface area contributed by atoms with E-state index in [0.29, 0.717) is 51.6 Å². The summed E-state index contributed by atoms with van der Waals surface area (Å²) in [7, 11) is 0. The van der Waals surface area contributed by atoms with Crippen molar-refractivity contribution in [3.63, 3.8) is 0 Å². The third kappa shape index (κ3) is 24.4. The number of benzene rings is 2. The van der Waals surface area contributed by atoms with Gasteiger partial charge in [0.2, 0.25) is 0 Å². The van der Waals surface area contributed by atoms with Crippen molar-refractivity contribution in [2.45, 2.75) is 63.8 Å². The molecule has 2 atom stereocenters. The Morgan fingerprint density at radius 1 is 0.812 bits per heavy atom. The number of alkyl carbamates (subject to hydrolysis) is 3. The predicted molar refractivity (Wildman–Crippen MR) is 183 cm³/mol. The largest absolute Gasteiger partial charge is 0.480 e. The molecule has 1 unspecified atom stereocenters. The van der Waals surface area contributed by atoms with E-state index in [4.69, 9.17) is 25.1 Å². The fourth-order valence-electron chi connectivity index (χ4n) is 3.60. The molecule has 2 aromatic carbocycles. The topological polar surface area (TPSA) is 212 Å². The van der Waals surface area contributed by atoms with Gasteiger partial charge in [0.05, 0.1) is 0 Å². The van der Waals surface area contributed by atoms with Gasteiger partial charge < -0.3 is 41.0 Å². The summed E-state index contributed by atoms with van der Waals surface area (Å²) in [5.41, 5.74) is 7.21. The summed E-state index contributed by atoms with van der Waals surface area (Å²) < 4.78 is 13.6. The average Bonchev–Trinajstić information content (AvgIpc) is 3.35. The number of unbranched alkanes of at least 4 members (excludes halogenated alkanes) is 2. The molecule has 0 spiro atoms. The molecule has 0 aliphatic carbocycles. The molecule has 48 heavy (non-hydrogen) atoms. The molecule has 0 bridgehead atoms. The highest BCUT2D eigenvalue weighted by molar-refractivity contribution is 6.93. The molecule has 14 nitrogen and oxygen atoms in total. The molecule has 1 aliphatic heterocycles. The molecular formula is C30H40Cl4N4O10. The highest BCUT2D eigenvalue weighted by Gasteiger charge is 2.31. The second kappa shape index (κ2) is 28.2. The number of carboxylic acid groups (broad SMARTS) is 1. The molecule has 1 saturated heterocycles. The number of hydrogen-bond acceptors (Lipinski definition) is 10. The predicted octanol–water partition coefficient (Wildman–Crippen LogP) is 5.64. The molecule has 18 heteroatoms. The van der Waals surface area contributed by atoms with E-state index in [0.717, 1.165) is 11.1 Å². The van der Waals surface area contributed by atoms with E-state index in [-0.39, 0.29) is 38.0 Å². The van der Waals surface area contributed by atoms with Gasteiger partial charge in [-0.2, -0.15) is 0 Å². The minimum atomic E-state index is -1.000. The van der Waals surface area contributed by atoms with Gasteiger partial charge in [0.25, 0.3) is 0 Å². The van der Waals surface area contributed by atoms with Gasteiger partial charge in [0.15, 0.2) is 0 Å². The number of carboxylic acids is 1. The van der Waals surface area contributed by atoms with Crippen molar-refractivity contribution in [1.82, 2.24) is 16.0 Å². The normalized spacial score (nSPS) is 13.1. The van der Waals surface area contributed by atoms with Crippen LogP contribution in [0.25, 0.3) is 0 Å². The maximum absolute atomic E-state index is 11.5. The number of rotatable bonds is 15. The molecule has 6 N–H and O–H groups in total. The lowest BCUT2D eigenvalue weighted by atomic mass is 10.1. The molecule has 3 rings (SSSR count). The van der Waals surface area contributed by atoms with E-state index < -0.39 is 47.0 Å². The van der Waals surface area contributed by atoms with Crippen LogP contribution in [0.4, 0.5) is 19.2 Å². The minimum Gasteiger partial charge on any atom is -0.480 e. The highest BCUT2D eigenvalue weighted by Crippen LogP contribution is 2.08. The Kier molecular flexibility index (Phi) is 27.2. The third-order valence-electron chi connectivity index (χ3n) is 5.91. The van der Waals surface area contributed by atoms with Crippen LogP contribution in [-0.2, 0) is 37.0 Å². The summed E-state index contributed by atoms with van der Waals surface area (Å²) >= 11 is 8.80. The van der Waals surface area contributed by atoms with Crippen molar-refractivity contribution in [2.24, 2.45) is 5.73 Å². The average molecular weight is 758 g/mol. The van der Waals surface area contributed by atoms with Gasteiger partial charge in [-0.05, 0) is 72.9 Å². The van der Waals surface area contributed by atoms with Crippen LogP contribution in [0.5, 0.6) is 0 Å². The van der Waals surface area contributed by atoms with Crippen LogP contribution >= 0.6 is 48.0 Å². The lowest BCUT2D eigenvalue weighted by Crippen LogP contribution is -2.30. The van der Waals surface area contributed by atoms with Crippen LogP contribution in [0.3, 0.4) is 0 Å². The van der Waals surface area contributed by atoms with E-state index in [1.54, 1.807) is 0 Å².